The van der Waals surface area contributed by atoms with E-state index in [0.717, 1.165) is 25.2 Å². The van der Waals surface area contributed by atoms with Gasteiger partial charge in [0.15, 0.2) is 26.7 Å². The van der Waals surface area contributed by atoms with Crippen LogP contribution in [0.1, 0.15) is 26.5 Å². The summed E-state index contributed by atoms with van der Waals surface area (Å²) in [5, 5.41) is 18.1. The number of thiazole rings is 1. The first-order chi connectivity index (χ1) is 12.8. The van der Waals surface area contributed by atoms with Gasteiger partial charge >= 0.3 is 0 Å². The van der Waals surface area contributed by atoms with Gasteiger partial charge in [0.05, 0.1) is 12.0 Å². The first-order valence-electron chi connectivity index (χ1n) is 7.54. The van der Waals surface area contributed by atoms with Crippen LogP contribution in [0.3, 0.4) is 0 Å². The summed E-state index contributed by atoms with van der Waals surface area (Å²) in [5.41, 5.74) is 3.04. The van der Waals surface area contributed by atoms with Crippen LogP contribution in [0.4, 0.5) is 5.13 Å². The number of nitrogens with zero attached hydrogens (tertiary/aromatic N) is 3. The van der Waals surface area contributed by atoms with Crippen molar-refractivity contribution in [2.75, 3.05) is 5.73 Å². The highest BCUT2D eigenvalue weighted by atomic mass is 32.2. The smallest absolute Gasteiger partial charge is 0.276 e. The number of hydrogen-bond acceptors (Lipinski definition) is 12. The first-order valence-corrected chi connectivity index (χ1v) is 9.79. The fourth-order valence-electron chi connectivity index (χ4n) is 2.10. The van der Waals surface area contributed by atoms with Crippen molar-refractivity contribution in [2.45, 2.75) is 38.5 Å². The van der Waals surface area contributed by atoms with Crippen LogP contribution in [0.25, 0.3) is 0 Å². The quantitative estimate of drug-likeness (QED) is 0.195. The number of aromatic nitrogens is 1. The lowest BCUT2D eigenvalue weighted by molar-refractivity contribution is -0.325. The average molecular weight is 433 g/mol. The predicted octanol–water partition coefficient (Wildman–Crippen LogP) is -2.85. The van der Waals surface area contributed by atoms with Crippen molar-refractivity contribution in [1.82, 2.24) is 14.6 Å². The van der Waals surface area contributed by atoms with Crippen molar-refractivity contribution < 1.29 is 37.3 Å². The van der Waals surface area contributed by atoms with E-state index in [9.17, 15) is 32.5 Å². The number of amides is 2. The van der Waals surface area contributed by atoms with Crippen molar-refractivity contribution in [3.8, 4) is 0 Å². The summed E-state index contributed by atoms with van der Waals surface area (Å²) < 4.78 is 33.1. The molecule has 2 heterocycles. The molecule has 0 spiro atoms. The molecule has 2 amide bonds. The van der Waals surface area contributed by atoms with Gasteiger partial charge in [-0.25, -0.2) is 17.7 Å². The summed E-state index contributed by atoms with van der Waals surface area (Å²) in [6.07, 6.45) is 0. The number of carbonyl (C=O) groups excluding carboxylic acids is 3. The number of hydrogen-bond donors (Lipinski definition) is 2. The molecule has 1 aliphatic rings. The van der Waals surface area contributed by atoms with Crippen LogP contribution in [0, 0.1) is 0 Å². The van der Waals surface area contributed by atoms with Crippen LogP contribution in [0.2, 0.25) is 0 Å². The predicted molar refractivity (Wildman–Crippen MR) is 91.2 cm³/mol. The van der Waals surface area contributed by atoms with Crippen LogP contribution in [-0.4, -0.2) is 63.4 Å². The summed E-state index contributed by atoms with van der Waals surface area (Å²) in [7, 11) is -5.01. The monoisotopic (exact) mass is 433 g/mol. The molecule has 3 N–H and O–H groups in total. The Kier molecular flexibility index (Phi) is 5.63. The fraction of sp³-hybridized carbons (Fsp3) is 0.462. The van der Waals surface area contributed by atoms with Crippen LogP contribution in [0.5, 0.6) is 0 Å². The molecular weight excluding hydrogens is 418 g/mol. The van der Waals surface area contributed by atoms with E-state index in [4.69, 9.17) is 10.6 Å². The molecule has 1 fully saturated rings. The standard InChI is InChI=1S/C13H17N5O8S2/c1-5-7(10(20)18(5)28(23,24)25)16-9(19)8(6-4-27-12(14)15-6)17-26-13(2,3)11(21)22/h4-5,7H,1-3H3,(H2,14,15)(H,16,19)(H,21,22)(H,23,24,25)/p-2/b17-8-/t5-,7?/m0/s1. The third-order valence-corrected chi connectivity index (χ3v) is 5.37. The van der Waals surface area contributed by atoms with Gasteiger partial charge in [-0.2, -0.15) is 0 Å². The highest BCUT2D eigenvalue weighted by Crippen LogP contribution is 2.23. The van der Waals surface area contributed by atoms with Gasteiger partial charge < -0.3 is 30.3 Å². The molecule has 154 valence electrons. The Balaban J connectivity index is 2.26. The number of oxime groups is 1. The maximum atomic E-state index is 12.5. The third-order valence-electron chi connectivity index (χ3n) is 3.70. The van der Waals surface area contributed by atoms with Gasteiger partial charge in [-0.05, 0) is 20.8 Å². The summed E-state index contributed by atoms with van der Waals surface area (Å²) in [6.45, 7) is 3.51. The Bertz CT molecular complexity index is 954. The van der Waals surface area contributed by atoms with Crippen LogP contribution in [-0.2, 0) is 29.5 Å². The van der Waals surface area contributed by atoms with E-state index in [0.29, 0.717) is 0 Å². The van der Waals surface area contributed by atoms with E-state index >= 15 is 0 Å². The zero-order valence-corrected chi connectivity index (χ0v) is 16.4. The zero-order valence-electron chi connectivity index (χ0n) is 14.7. The molecule has 28 heavy (non-hydrogen) atoms. The number of β-lactam (4-membered cyclic amide) rings is 1. The van der Waals surface area contributed by atoms with Gasteiger partial charge in [-0.3, -0.25) is 9.59 Å². The Morgan fingerprint density at radius 2 is 2.07 bits per heavy atom. The molecule has 15 heteroatoms. The van der Waals surface area contributed by atoms with Crippen LogP contribution >= 0.6 is 11.3 Å². The van der Waals surface area contributed by atoms with Gasteiger partial charge in [-0.15, -0.1) is 11.3 Å². The van der Waals surface area contributed by atoms with Gasteiger partial charge in [0.25, 0.3) is 11.8 Å². The van der Waals surface area contributed by atoms with Crippen molar-refractivity contribution in [3.63, 3.8) is 0 Å². The van der Waals surface area contributed by atoms with Gasteiger partial charge in [0, 0.05) is 5.38 Å². The highest BCUT2D eigenvalue weighted by Gasteiger charge is 2.49. The Labute approximate surface area is 163 Å². The summed E-state index contributed by atoms with van der Waals surface area (Å²) in [4.78, 5) is 44.1. The normalized spacial score (nSPS) is 20.5. The second-order valence-corrected chi connectivity index (χ2v) is 8.32. The van der Waals surface area contributed by atoms with E-state index < -0.39 is 51.5 Å². The number of aliphatic carboxylic acids is 1. The molecule has 1 saturated heterocycles. The third kappa shape index (κ3) is 4.20. The first kappa shape index (κ1) is 21.5. The molecule has 2 rings (SSSR count). The molecule has 0 saturated carbocycles. The van der Waals surface area contributed by atoms with E-state index in [1.165, 1.54) is 12.3 Å². The minimum absolute atomic E-state index is 0.0677. The number of carbonyl (C=O) groups is 3. The molecule has 0 aliphatic carbocycles. The number of nitrogen functional groups attached to an aromatic ring is 1. The van der Waals surface area contributed by atoms with Crippen molar-refractivity contribution in [1.29, 1.82) is 0 Å². The summed E-state index contributed by atoms with van der Waals surface area (Å²) in [5.74, 6) is -3.75. The second-order valence-electron chi connectivity index (χ2n) is 6.18. The maximum Gasteiger partial charge on any atom is 0.276 e. The van der Waals surface area contributed by atoms with E-state index in [1.807, 2.05) is 0 Å². The molecular formula is C13H15N5O8S2-2. The SMILES string of the molecule is C[C@H]1C(NC(=O)/C(=N\OC(C)(C)C(=O)[O-])c2csc(N)n2)C(=O)N1S(=O)(=O)[O-]. The molecule has 0 aromatic carbocycles. The van der Waals surface area contributed by atoms with Gasteiger partial charge in [0.1, 0.15) is 11.7 Å². The number of carboxylic acid groups (broad SMARTS) is 1. The molecule has 0 bridgehead atoms. The van der Waals surface area contributed by atoms with E-state index in [2.05, 4.69) is 15.5 Å². The minimum atomic E-state index is -5.01. The number of carboxylic acids is 1. The number of nitrogens with two attached hydrogens (primary N) is 1. The largest absolute Gasteiger partial charge is 0.731 e. The lowest BCUT2D eigenvalue weighted by atomic mass is 10.0. The van der Waals surface area contributed by atoms with E-state index in [-0.39, 0.29) is 15.1 Å². The summed E-state index contributed by atoms with van der Waals surface area (Å²) in [6, 6.07) is -2.44. The van der Waals surface area contributed by atoms with Crippen LogP contribution in [0.15, 0.2) is 10.5 Å². The summed E-state index contributed by atoms with van der Waals surface area (Å²) >= 11 is 0.959. The molecule has 2 atom stereocenters. The molecule has 13 nitrogen and oxygen atoms in total. The Hall–Kier alpha value is -2.78. The lowest BCUT2D eigenvalue weighted by Crippen LogP contribution is -2.71. The zero-order chi connectivity index (χ0) is 21.4. The maximum absolute atomic E-state index is 12.5. The molecule has 1 unspecified atom stereocenters. The second kappa shape index (κ2) is 7.33. The van der Waals surface area contributed by atoms with Crippen molar-refractivity contribution in [2.24, 2.45) is 5.16 Å². The number of rotatable bonds is 7. The highest BCUT2D eigenvalue weighted by molar-refractivity contribution is 7.84. The lowest BCUT2D eigenvalue weighted by Gasteiger charge is -2.45. The average Bonchev–Trinajstić information content (AvgIpc) is 2.97. The van der Waals surface area contributed by atoms with Gasteiger partial charge in [-0.1, -0.05) is 5.16 Å². The molecule has 1 aromatic heterocycles. The molecule has 0 radical (unpaired) electrons. The molecule has 1 aromatic rings. The van der Waals surface area contributed by atoms with Gasteiger partial charge in [0.2, 0.25) is 0 Å². The molecule has 1 aliphatic heterocycles. The van der Waals surface area contributed by atoms with Crippen molar-refractivity contribution >= 4 is 50.3 Å². The minimum Gasteiger partial charge on any atom is -0.731 e. The fourth-order valence-corrected chi connectivity index (χ4v) is 3.51. The number of nitrogens with one attached hydrogen (secondary N) is 1. The van der Waals surface area contributed by atoms with Crippen molar-refractivity contribution in [3.05, 3.63) is 11.1 Å². The van der Waals surface area contributed by atoms with E-state index in [1.54, 1.807) is 0 Å². The Morgan fingerprint density at radius 1 is 1.46 bits per heavy atom. The number of anilines is 1. The Morgan fingerprint density at radius 3 is 2.50 bits per heavy atom. The van der Waals surface area contributed by atoms with Crippen LogP contribution < -0.4 is 16.2 Å². The topological polar surface area (TPSA) is 207 Å².